The molecule has 3 N–H and O–H groups in total. The first kappa shape index (κ1) is 22.5. The van der Waals surface area contributed by atoms with Crippen LogP contribution in [0.15, 0.2) is 27.7 Å². The van der Waals surface area contributed by atoms with Crippen LogP contribution in [0.5, 0.6) is 0 Å². The monoisotopic (exact) mass is 432 g/mol. The van der Waals surface area contributed by atoms with Gasteiger partial charge in [0, 0.05) is 0 Å². The number of esters is 1. The second kappa shape index (κ2) is 9.64. The molecule has 3 aromatic heterocycles. The molecule has 0 spiro atoms. The minimum absolute atomic E-state index is 0.0818. The highest BCUT2D eigenvalue weighted by atomic mass is 19.4. The molecule has 0 radical (unpaired) electrons. The summed E-state index contributed by atoms with van der Waals surface area (Å²) in [6.07, 6.45) is -0.915. The fourth-order valence-corrected chi connectivity index (χ4v) is 1.91. The van der Waals surface area contributed by atoms with Gasteiger partial charge in [-0.1, -0.05) is 5.21 Å². The highest BCUT2D eigenvalue weighted by molar-refractivity contribution is 5.87. The van der Waals surface area contributed by atoms with E-state index in [1.165, 1.54) is 12.7 Å². The van der Waals surface area contributed by atoms with Crippen LogP contribution in [-0.4, -0.2) is 54.8 Å². The molecule has 0 saturated heterocycles. The van der Waals surface area contributed by atoms with Gasteiger partial charge in [0.2, 0.25) is 5.89 Å². The number of hydrogen-bond donors (Lipinski definition) is 2. The lowest BCUT2D eigenvalue weighted by Gasteiger charge is -1.97. The number of carbonyl (C=O) groups excluding carboxylic acids is 1. The molecule has 0 unspecified atom stereocenters. The molecule has 0 bridgehead atoms. The third-order valence-electron chi connectivity index (χ3n) is 3.21. The van der Waals surface area contributed by atoms with Gasteiger partial charge in [-0.05, 0) is 6.92 Å². The highest BCUT2D eigenvalue weighted by Crippen LogP contribution is 2.17. The smallest absolute Gasteiger partial charge is 0.475 e. The topological polar surface area (TPSA) is 172 Å². The molecule has 0 aromatic carbocycles. The molecule has 3 heterocycles. The maximum absolute atomic E-state index is 11.6. The van der Waals surface area contributed by atoms with Gasteiger partial charge in [-0.2, -0.15) is 13.2 Å². The molecule has 0 aliphatic rings. The molecule has 15 heteroatoms. The number of aliphatic carboxylic acids is 1. The zero-order chi connectivity index (χ0) is 22.3. The number of halogens is 3. The summed E-state index contributed by atoms with van der Waals surface area (Å²) in [5.41, 5.74) is 6.69. The van der Waals surface area contributed by atoms with E-state index in [0.717, 1.165) is 0 Å². The van der Waals surface area contributed by atoms with Crippen molar-refractivity contribution in [3.8, 4) is 11.6 Å². The van der Waals surface area contributed by atoms with Crippen LogP contribution in [0.25, 0.3) is 11.6 Å². The van der Waals surface area contributed by atoms with Gasteiger partial charge < -0.3 is 24.4 Å². The predicted molar refractivity (Wildman–Crippen MR) is 88.7 cm³/mol. The van der Waals surface area contributed by atoms with Gasteiger partial charge in [-0.3, -0.25) is 0 Å². The van der Waals surface area contributed by atoms with Gasteiger partial charge >= 0.3 is 18.1 Å². The van der Waals surface area contributed by atoms with Crippen LogP contribution in [0, 0.1) is 0 Å². The molecular weight excluding hydrogens is 417 g/mol. The Morgan fingerprint density at radius 3 is 2.63 bits per heavy atom. The van der Waals surface area contributed by atoms with E-state index in [1.54, 1.807) is 17.8 Å². The van der Waals surface area contributed by atoms with Gasteiger partial charge in [0.05, 0.1) is 25.9 Å². The quantitative estimate of drug-likeness (QED) is 0.537. The fourth-order valence-electron chi connectivity index (χ4n) is 1.91. The summed E-state index contributed by atoms with van der Waals surface area (Å²) in [5, 5.41) is 15.0. The number of carboxylic acid groups (broad SMARTS) is 1. The molecular formula is C15H15F3N6O6. The lowest BCUT2D eigenvalue weighted by molar-refractivity contribution is -0.192. The number of nitrogens with two attached hydrogens (primary N) is 1. The second-order valence-electron chi connectivity index (χ2n) is 5.29. The zero-order valence-electron chi connectivity index (χ0n) is 15.3. The Bertz CT molecular complexity index is 995. The number of oxazole rings is 2. The number of ether oxygens (including phenoxy) is 1. The van der Waals surface area contributed by atoms with Crippen LogP contribution in [0.1, 0.15) is 28.9 Å². The second-order valence-corrected chi connectivity index (χ2v) is 5.29. The highest BCUT2D eigenvalue weighted by Gasteiger charge is 2.38. The van der Waals surface area contributed by atoms with Crippen molar-refractivity contribution in [3.05, 3.63) is 36.0 Å². The number of alkyl halides is 3. The molecule has 0 aliphatic carbocycles. The van der Waals surface area contributed by atoms with E-state index >= 15 is 0 Å². The maximum atomic E-state index is 11.6. The van der Waals surface area contributed by atoms with Gasteiger partial charge in [-0.25, -0.2) is 24.2 Å². The summed E-state index contributed by atoms with van der Waals surface area (Å²) < 4.78 is 48.5. The van der Waals surface area contributed by atoms with Crippen LogP contribution in [0.2, 0.25) is 0 Å². The molecule has 12 nitrogen and oxygen atoms in total. The van der Waals surface area contributed by atoms with Gasteiger partial charge in [0.25, 0.3) is 0 Å². The van der Waals surface area contributed by atoms with Crippen molar-refractivity contribution in [2.45, 2.75) is 26.2 Å². The predicted octanol–water partition coefficient (Wildman–Crippen LogP) is 1.24. The Balaban J connectivity index is 0.000000396. The Morgan fingerprint density at radius 1 is 1.33 bits per heavy atom. The van der Waals surface area contributed by atoms with Crippen molar-refractivity contribution in [1.29, 1.82) is 0 Å². The standard InChI is InChI=1S/C13H14N6O4.C2HF3O2/c1-2-21-13(20)10-6-22-12(16-10)9-5-19(18-17-9)4-8-11(3-14)23-7-15-8;3-2(4,5)1(6)7/h5-7H,2-4,14H2,1H3;(H,6,7). The third-order valence-corrected chi connectivity index (χ3v) is 3.21. The average Bonchev–Trinajstić information content (AvgIpc) is 3.42. The fraction of sp³-hybridized carbons (Fsp3) is 0.333. The zero-order valence-corrected chi connectivity index (χ0v) is 15.3. The van der Waals surface area contributed by atoms with E-state index in [-0.39, 0.29) is 24.7 Å². The largest absolute Gasteiger partial charge is 0.490 e. The van der Waals surface area contributed by atoms with Crippen LogP contribution in [0.3, 0.4) is 0 Å². The number of nitrogens with zero attached hydrogens (tertiary/aromatic N) is 5. The maximum Gasteiger partial charge on any atom is 0.490 e. The van der Waals surface area contributed by atoms with E-state index in [1.807, 2.05) is 0 Å². The SMILES string of the molecule is CCOC(=O)c1coc(-c2cn(Cc3ncoc3CN)nn2)n1.O=C(O)C(F)(F)F. The number of rotatable bonds is 6. The number of carboxylic acids is 1. The third kappa shape index (κ3) is 5.87. The molecule has 30 heavy (non-hydrogen) atoms. The molecule has 3 aromatic rings. The van der Waals surface area contributed by atoms with Gasteiger partial charge in [0.1, 0.15) is 17.7 Å². The number of hydrogen-bond acceptors (Lipinski definition) is 10. The Hall–Kier alpha value is -3.75. The number of carbonyl (C=O) groups is 2. The van der Waals surface area contributed by atoms with Crippen molar-refractivity contribution < 1.29 is 41.4 Å². The average molecular weight is 432 g/mol. The normalized spacial score (nSPS) is 11.0. The minimum Gasteiger partial charge on any atom is -0.475 e. The van der Waals surface area contributed by atoms with Crippen molar-refractivity contribution >= 4 is 11.9 Å². The lowest BCUT2D eigenvalue weighted by atomic mass is 10.3. The van der Waals surface area contributed by atoms with E-state index in [9.17, 15) is 18.0 Å². The summed E-state index contributed by atoms with van der Waals surface area (Å²) >= 11 is 0. The van der Waals surface area contributed by atoms with E-state index in [0.29, 0.717) is 23.7 Å². The Labute approximate surface area is 165 Å². The van der Waals surface area contributed by atoms with Crippen molar-refractivity contribution in [2.24, 2.45) is 5.73 Å². The van der Waals surface area contributed by atoms with Crippen molar-refractivity contribution in [2.75, 3.05) is 6.61 Å². The molecule has 0 aliphatic heterocycles. The molecule has 0 atom stereocenters. The van der Waals surface area contributed by atoms with E-state index in [2.05, 4.69) is 20.3 Å². The van der Waals surface area contributed by atoms with E-state index in [4.69, 9.17) is 29.2 Å². The molecule has 162 valence electrons. The summed E-state index contributed by atoms with van der Waals surface area (Å²) in [4.78, 5) is 28.6. The Kier molecular flexibility index (Phi) is 7.24. The first-order valence-electron chi connectivity index (χ1n) is 8.10. The van der Waals surface area contributed by atoms with Crippen LogP contribution < -0.4 is 5.73 Å². The van der Waals surface area contributed by atoms with Crippen LogP contribution in [0.4, 0.5) is 13.2 Å². The van der Waals surface area contributed by atoms with Crippen molar-refractivity contribution in [1.82, 2.24) is 25.0 Å². The molecule has 3 rings (SSSR count). The summed E-state index contributed by atoms with van der Waals surface area (Å²) in [5.74, 6) is -2.54. The van der Waals surface area contributed by atoms with Gasteiger partial charge in [-0.15, -0.1) is 5.10 Å². The molecule has 0 amide bonds. The summed E-state index contributed by atoms with van der Waals surface area (Å²) in [7, 11) is 0. The Morgan fingerprint density at radius 2 is 2.03 bits per heavy atom. The molecule has 0 saturated carbocycles. The van der Waals surface area contributed by atoms with E-state index < -0.39 is 18.1 Å². The summed E-state index contributed by atoms with van der Waals surface area (Å²) in [6.45, 7) is 2.57. The first-order valence-corrected chi connectivity index (χ1v) is 8.10. The molecule has 0 fully saturated rings. The lowest BCUT2D eigenvalue weighted by Crippen LogP contribution is -2.21. The van der Waals surface area contributed by atoms with Gasteiger partial charge in [0.15, 0.2) is 17.8 Å². The van der Waals surface area contributed by atoms with Crippen LogP contribution in [-0.2, 0) is 22.6 Å². The first-order chi connectivity index (χ1) is 14.2. The van der Waals surface area contributed by atoms with Crippen molar-refractivity contribution in [3.63, 3.8) is 0 Å². The summed E-state index contributed by atoms with van der Waals surface area (Å²) in [6, 6.07) is 0. The van der Waals surface area contributed by atoms with Crippen LogP contribution >= 0.6 is 0 Å². The number of aromatic nitrogens is 5. The minimum atomic E-state index is -5.08.